The second-order valence-electron chi connectivity index (χ2n) is 4.29. The van der Waals surface area contributed by atoms with Crippen LogP contribution in [0.2, 0.25) is 0 Å². The number of amides is 1. The summed E-state index contributed by atoms with van der Waals surface area (Å²) < 4.78 is 0. The maximum Gasteiger partial charge on any atom is 0.259 e. The lowest BCUT2D eigenvalue weighted by molar-refractivity contribution is 0.102. The summed E-state index contributed by atoms with van der Waals surface area (Å²) in [5.74, 6) is -0.303. The smallest absolute Gasteiger partial charge is 0.259 e. The van der Waals surface area contributed by atoms with Gasteiger partial charge in [-0.1, -0.05) is 24.3 Å². The van der Waals surface area contributed by atoms with Crippen LogP contribution in [0.25, 0.3) is 0 Å². The summed E-state index contributed by atoms with van der Waals surface area (Å²) in [6, 6.07) is 12.5. The molecule has 0 radical (unpaired) electrons. The molecular formula is C15H15NO2. The van der Waals surface area contributed by atoms with E-state index in [2.05, 4.69) is 5.32 Å². The molecule has 0 aliphatic heterocycles. The van der Waals surface area contributed by atoms with E-state index >= 15 is 0 Å². The molecule has 3 heteroatoms. The summed E-state index contributed by atoms with van der Waals surface area (Å²) >= 11 is 0. The molecule has 2 rings (SSSR count). The highest BCUT2D eigenvalue weighted by molar-refractivity contribution is 6.06. The van der Waals surface area contributed by atoms with Gasteiger partial charge in [-0.05, 0) is 43.2 Å². The van der Waals surface area contributed by atoms with Crippen molar-refractivity contribution in [3.63, 3.8) is 0 Å². The maximum atomic E-state index is 12.0. The Balaban J connectivity index is 2.25. The van der Waals surface area contributed by atoms with Gasteiger partial charge in [0.15, 0.2) is 0 Å². The molecule has 3 nitrogen and oxygen atoms in total. The predicted molar refractivity (Wildman–Crippen MR) is 72.0 cm³/mol. The molecule has 1 amide bonds. The Labute approximate surface area is 106 Å². The van der Waals surface area contributed by atoms with Crippen molar-refractivity contribution < 1.29 is 9.90 Å². The molecule has 2 aromatic carbocycles. The van der Waals surface area contributed by atoms with Gasteiger partial charge in [0.2, 0.25) is 0 Å². The number of anilines is 1. The van der Waals surface area contributed by atoms with Crippen LogP contribution in [0.15, 0.2) is 42.5 Å². The van der Waals surface area contributed by atoms with Gasteiger partial charge in [0.1, 0.15) is 5.75 Å². The third kappa shape index (κ3) is 2.51. The number of phenols is 1. The Morgan fingerprint density at radius 3 is 2.50 bits per heavy atom. The van der Waals surface area contributed by atoms with Gasteiger partial charge in [-0.3, -0.25) is 4.79 Å². The highest BCUT2D eigenvalue weighted by atomic mass is 16.3. The topological polar surface area (TPSA) is 49.3 Å². The van der Waals surface area contributed by atoms with E-state index in [0.717, 1.165) is 16.8 Å². The van der Waals surface area contributed by atoms with Crippen LogP contribution in [-0.2, 0) is 0 Å². The summed E-state index contributed by atoms with van der Waals surface area (Å²) in [4.78, 5) is 12.0. The van der Waals surface area contributed by atoms with Crippen LogP contribution in [-0.4, -0.2) is 11.0 Å². The number of benzene rings is 2. The number of rotatable bonds is 2. The Kier molecular flexibility index (Phi) is 3.33. The molecule has 0 unspecified atom stereocenters. The standard InChI is InChI=1S/C15H15NO2/c1-10-7-8-12(14(17)9-10)15(18)16-13-6-4-3-5-11(13)2/h3-9,17H,1-2H3,(H,16,18). The first-order valence-corrected chi connectivity index (χ1v) is 5.74. The number of para-hydroxylation sites is 1. The zero-order chi connectivity index (χ0) is 13.1. The van der Waals surface area contributed by atoms with E-state index in [1.165, 1.54) is 0 Å². The Morgan fingerprint density at radius 2 is 1.83 bits per heavy atom. The van der Waals surface area contributed by atoms with Gasteiger partial charge in [0, 0.05) is 5.69 Å². The molecule has 0 atom stereocenters. The van der Waals surface area contributed by atoms with E-state index in [1.54, 1.807) is 18.2 Å². The first-order chi connectivity index (χ1) is 8.58. The number of hydrogen-bond donors (Lipinski definition) is 2. The minimum absolute atomic E-state index is 0.00100. The number of aromatic hydroxyl groups is 1. The van der Waals surface area contributed by atoms with Gasteiger partial charge in [-0.2, -0.15) is 0 Å². The average Bonchev–Trinajstić information content (AvgIpc) is 2.32. The fourth-order valence-corrected chi connectivity index (χ4v) is 1.74. The minimum atomic E-state index is -0.304. The zero-order valence-corrected chi connectivity index (χ0v) is 10.4. The van der Waals surface area contributed by atoms with Crippen LogP contribution < -0.4 is 5.32 Å². The van der Waals surface area contributed by atoms with Crippen LogP contribution >= 0.6 is 0 Å². The molecule has 0 bridgehead atoms. The molecule has 0 aliphatic rings. The lowest BCUT2D eigenvalue weighted by atomic mass is 10.1. The quantitative estimate of drug-likeness (QED) is 0.847. The van der Waals surface area contributed by atoms with Crippen molar-refractivity contribution in [3.05, 3.63) is 59.2 Å². The molecule has 0 heterocycles. The minimum Gasteiger partial charge on any atom is -0.507 e. The summed E-state index contributed by atoms with van der Waals surface area (Å²) in [6.07, 6.45) is 0. The van der Waals surface area contributed by atoms with E-state index in [0.29, 0.717) is 0 Å². The lowest BCUT2D eigenvalue weighted by Crippen LogP contribution is -2.12. The molecule has 0 spiro atoms. The van der Waals surface area contributed by atoms with E-state index in [1.807, 2.05) is 38.1 Å². The van der Waals surface area contributed by atoms with E-state index in [9.17, 15) is 9.90 Å². The molecule has 0 aromatic heterocycles. The fourth-order valence-electron chi connectivity index (χ4n) is 1.74. The molecule has 0 fully saturated rings. The van der Waals surface area contributed by atoms with Crippen LogP contribution in [0, 0.1) is 13.8 Å². The van der Waals surface area contributed by atoms with Gasteiger partial charge in [0.25, 0.3) is 5.91 Å². The Bertz CT molecular complexity index is 591. The Hall–Kier alpha value is -2.29. The number of hydrogen-bond acceptors (Lipinski definition) is 2. The molecule has 0 saturated carbocycles. The van der Waals surface area contributed by atoms with Crippen molar-refractivity contribution in [2.75, 3.05) is 5.32 Å². The molecule has 2 N–H and O–H groups in total. The number of aryl methyl sites for hydroxylation is 2. The van der Waals surface area contributed by atoms with Crippen LogP contribution in [0.5, 0.6) is 5.75 Å². The first-order valence-electron chi connectivity index (χ1n) is 5.74. The summed E-state index contributed by atoms with van der Waals surface area (Å²) in [7, 11) is 0. The zero-order valence-electron chi connectivity index (χ0n) is 10.4. The summed E-state index contributed by atoms with van der Waals surface area (Å²) in [6.45, 7) is 3.79. The van der Waals surface area contributed by atoms with Crippen molar-refractivity contribution in [1.82, 2.24) is 0 Å². The van der Waals surface area contributed by atoms with Gasteiger partial charge in [-0.25, -0.2) is 0 Å². The van der Waals surface area contributed by atoms with Crippen LogP contribution in [0.4, 0.5) is 5.69 Å². The SMILES string of the molecule is Cc1ccc(C(=O)Nc2ccccc2C)c(O)c1. The van der Waals surface area contributed by atoms with Gasteiger partial charge >= 0.3 is 0 Å². The van der Waals surface area contributed by atoms with Gasteiger partial charge < -0.3 is 10.4 Å². The first kappa shape index (κ1) is 12.2. The molecule has 18 heavy (non-hydrogen) atoms. The van der Waals surface area contributed by atoms with Crippen LogP contribution in [0.3, 0.4) is 0 Å². The number of phenolic OH excluding ortho intramolecular Hbond substituents is 1. The predicted octanol–water partition coefficient (Wildman–Crippen LogP) is 3.26. The van der Waals surface area contributed by atoms with Crippen molar-refractivity contribution >= 4 is 11.6 Å². The van der Waals surface area contributed by atoms with Crippen molar-refractivity contribution in [3.8, 4) is 5.75 Å². The van der Waals surface area contributed by atoms with E-state index < -0.39 is 0 Å². The second-order valence-corrected chi connectivity index (χ2v) is 4.29. The third-order valence-electron chi connectivity index (χ3n) is 2.79. The molecule has 92 valence electrons. The Morgan fingerprint density at radius 1 is 1.11 bits per heavy atom. The molecule has 0 saturated heterocycles. The third-order valence-corrected chi connectivity index (χ3v) is 2.79. The highest BCUT2D eigenvalue weighted by Gasteiger charge is 2.11. The molecular weight excluding hydrogens is 226 g/mol. The molecule has 0 aliphatic carbocycles. The highest BCUT2D eigenvalue weighted by Crippen LogP contribution is 2.21. The fraction of sp³-hybridized carbons (Fsp3) is 0.133. The number of nitrogens with one attached hydrogen (secondary N) is 1. The second kappa shape index (κ2) is 4.92. The number of carbonyl (C=O) groups is 1. The van der Waals surface area contributed by atoms with Crippen molar-refractivity contribution in [2.45, 2.75) is 13.8 Å². The van der Waals surface area contributed by atoms with Crippen molar-refractivity contribution in [2.24, 2.45) is 0 Å². The average molecular weight is 241 g/mol. The van der Waals surface area contributed by atoms with Gasteiger partial charge in [0.05, 0.1) is 5.56 Å². The molecule has 2 aromatic rings. The van der Waals surface area contributed by atoms with Crippen molar-refractivity contribution in [1.29, 1.82) is 0 Å². The van der Waals surface area contributed by atoms with E-state index in [4.69, 9.17) is 0 Å². The monoisotopic (exact) mass is 241 g/mol. The maximum absolute atomic E-state index is 12.0. The largest absolute Gasteiger partial charge is 0.507 e. The van der Waals surface area contributed by atoms with Gasteiger partial charge in [-0.15, -0.1) is 0 Å². The summed E-state index contributed by atoms with van der Waals surface area (Å²) in [5.41, 5.74) is 2.93. The normalized spacial score (nSPS) is 10.1. The lowest BCUT2D eigenvalue weighted by Gasteiger charge is -2.09. The van der Waals surface area contributed by atoms with E-state index in [-0.39, 0.29) is 17.2 Å². The summed E-state index contributed by atoms with van der Waals surface area (Å²) in [5, 5.41) is 12.5. The van der Waals surface area contributed by atoms with Crippen LogP contribution in [0.1, 0.15) is 21.5 Å². The number of carbonyl (C=O) groups excluding carboxylic acids is 1.